The molecule has 0 aromatic rings. The Bertz CT molecular complexity index is 49.1. The molecule has 54 valence electrons. The van der Waals surface area contributed by atoms with Crippen LogP contribution >= 0.6 is 0 Å². The molecule has 2 radical (unpaired) electrons. The van der Waals surface area contributed by atoms with Crippen LogP contribution in [0.5, 0.6) is 0 Å². The molecular weight excluding hydrogens is 108 g/mol. The van der Waals surface area contributed by atoms with Gasteiger partial charge in [0.25, 0.3) is 0 Å². The third kappa shape index (κ3) is 4.50. The molecule has 2 unspecified atom stereocenters. The molecule has 0 spiro atoms. The topological polar surface area (TPSA) is 0 Å². The zero-order valence-corrected chi connectivity index (χ0v) is 6.69. The van der Waals surface area contributed by atoms with E-state index in [2.05, 4.69) is 27.7 Å². The minimum atomic E-state index is 0.618. The van der Waals surface area contributed by atoms with Gasteiger partial charge >= 0.3 is 0 Å². The molecule has 0 aliphatic rings. The van der Waals surface area contributed by atoms with Crippen LogP contribution in [-0.2, 0) is 0 Å². The van der Waals surface area contributed by atoms with Crippen molar-refractivity contribution < 1.29 is 0 Å². The molecule has 0 aliphatic carbocycles. The smallest absolute Gasteiger partial charge is 0.0414 e. The van der Waals surface area contributed by atoms with Gasteiger partial charge in [0, 0.05) is 0 Å². The lowest BCUT2D eigenvalue weighted by molar-refractivity contribution is 0.457. The van der Waals surface area contributed by atoms with E-state index < -0.39 is 0 Å². The van der Waals surface area contributed by atoms with Crippen molar-refractivity contribution in [2.24, 2.45) is 11.8 Å². The normalized spacial score (nSPS) is 17.3. The van der Waals surface area contributed by atoms with Gasteiger partial charge in [0.05, 0.1) is 0 Å². The van der Waals surface area contributed by atoms with Crippen LogP contribution in [-0.4, -0.2) is 0 Å². The summed E-state index contributed by atoms with van der Waals surface area (Å²) in [5, 5.41) is 0. The summed E-state index contributed by atoms with van der Waals surface area (Å²) in [6, 6.07) is 0. The van der Waals surface area contributed by atoms with E-state index in [0.29, 0.717) is 11.8 Å². The summed E-state index contributed by atoms with van der Waals surface area (Å²) in [6.07, 6.45) is 3.56. The van der Waals surface area contributed by atoms with E-state index in [0.717, 1.165) is 0 Å². The van der Waals surface area contributed by atoms with Crippen LogP contribution in [0, 0.1) is 25.7 Å². The summed E-state index contributed by atoms with van der Waals surface area (Å²) in [5.41, 5.74) is 0. The largest absolute Gasteiger partial charge is 0.0651 e. The van der Waals surface area contributed by atoms with Crippen molar-refractivity contribution in [2.75, 3.05) is 0 Å². The summed E-state index contributed by atoms with van der Waals surface area (Å²) in [5.74, 6) is 1.24. The Balaban J connectivity index is 3.22. The molecule has 0 saturated heterocycles. The summed E-state index contributed by atoms with van der Waals surface area (Å²) >= 11 is 0. The highest BCUT2D eigenvalue weighted by atomic mass is 14.1. The zero-order chi connectivity index (χ0) is 7.28. The van der Waals surface area contributed by atoms with Crippen molar-refractivity contribution >= 4 is 0 Å². The van der Waals surface area contributed by atoms with Crippen LogP contribution in [0.1, 0.15) is 33.1 Å². The fraction of sp³-hybridized carbons (Fsp3) is 0.778. The maximum atomic E-state index is 4.00. The molecule has 0 aromatic heterocycles. The van der Waals surface area contributed by atoms with E-state index in [9.17, 15) is 0 Å². The minimum Gasteiger partial charge on any atom is -0.0651 e. The second kappa shape index (κ2) is 4.84. The molecule has 0 N–H and O–H groups in total. The Morgan fingerprint density at radius 1 is 1.00 bits per heavy atom. The van der Waals surface area contributed by atoms with Crippen LogP contribution in [0.3, 0.4) is 0 Å². The molecule has 0 fully saturated rings. The lowest BCUT2D eigenvalue weighted by atomic mass is 9.94. The van der Waals surface area contributed by atoms with Crippen LogP contribution in [0.4, 0.5) is 0 Å². The second-order valence-electron chi connectivity index (χ2n) is 2.78. The van der Waals surface area contributed by atoms with Gasteiger partial charge in [-0.15, -0.1) is 0 Å². The minimum absolute atomic E-state index is 0.618. The summed E-state index contributed by atoms with van der Waals surface area (Å²) < 4.78 is 0. The van der Waals surface area contributed by atoms with E-state index in [-0.39, 0.29) is 0 Å². The number of rotatable bonds is 4. The summed E-state index contributed by atoms with van der Waals surface area (Å²) in [6.45, 7) is 12.4. The lowest BCUT2D eigenvalue weighted by Crippen LogP contribution is -2.00. The molecule has 0 heterocycles. The highest BCUT2D eigenvalue weighted by molar-refractivity contribution is 4.66. The van der Waals surface area contributed by atoms with Crippen molar-refractivity contribution in [3.8, 4) is 0 Å². The molecule has 0 bridgehead atoms. The maximum Gasteiger partial charge on any atom is -0.0414 e. The molecule has 0 aromatic carbocycles. The lowest BCUT2D eigenvalue weighted by Gasteiger charge is -2.12. The molecule has 0 saturated carbocycles. The zero-order valence-electron chi connectivity index (χ0n) is 6.69. The van der Waals surface area contributed by atoms with Gasteiger partial charge in [-0.05, 0) is 18.3 Å². The third-order valence-electron chi connectivity index (χ3n) is 1.82. The van der Waals surface area contributed by atoms with E-state index in [1.165, 1.54) is 19.3 Å². The highest BCUT2D eigenvalue weighted by Gasteiger charge is 2.03. The molecule has 9 heavy (non-hydrogen) atoms. The van der Waals surface area contributed by atoms with E-state index in [1.807, 2.05) is 0 Å². The monoisotopic (exact) mass is 126 g/mol. The molecule has 0 aliphatic heterocycles. The molecule has 0 rings (SSSR count). The summed E-state index contributed by atoms with van der Waals surface area (Å²) in [4.78, 5) is 0. The van der Waals surface area contributed by atoms with Crippen LogP contribution < -0.4 is 0 Å². The standard InChI is InChI=1S/C9H18/c1-5-8(3)7-9(4)6-2/h8-9H,3-7H2,1-2H3. The Hall–Kier alpha value is 0. The first-order valence-corrected chi connectivity index (χ1v) is 3.86. The fourth-order valence-electron chi connectivity index (χ4n) is 0.805. The predicted molar refractivity (Wildman–Crippen MR) is 42.9 cm³/mol. The SMILES string of the molecule is [CH2]C(CC)CC([CH2])CC. The molecule has 0 nitrogen and oxygen atoms in total. The van der Waals surface area contributed by atoms with Crippen LogP contribution in [0.2, 0.25) is 0 Å². The highest BCUT2D eigenvalue weighted by Crippen LogP contribution is 2.15. The Morgan fingerprint density at radius 3 is 1.56 bits per heavy atom. The molecular formula is C9H18. The van der Waals surface area contributed by atoms with Crippen molar-refractivity contribution in [1.82, 2.24) is 0 Å². The Kier molecular flexibility index (Phi) is 4.84. The maximum absolute atomic E-state index is 4.00. The molecule has 2 atom stereocenters. The van der Waals surface area contributed by atoms with Gasteiger partial charge < -0.3 is 0 Å². The predicted octanol–water partition coefficient (Wildman–Crippen LogP) is 3.10. The summed E-state index contributed by atoms with van der Waals surface area (Å²) in [7, 11) is 0. The first kappa shape index (κ1) is 9.00. The average Bonchev–Trinajstić information content (AvgIpc) is 1.87. The van der Waals surface area contributed by atoms with Gasteiger partial charge in [0.1, 0.15) is 0 Å². The van der Waals surface area contributed by atoms with Gasteiger partial charge in [-0.3, -0.25) is 0 Å². The van der Waals surface area contributed by atoms with E-state index >= 15 is 0 Å². The number of hydrogen-bond donors (Lipinski definition) is 0. The number of hydrogen-bond acceptors (Lipinski definition) is 0. The second-order valence-corrected chi connectivity index (χ2v) is 2.78. The van der Waals surface area contributed by atoms with Crippen molar-refractivity contribution in [1.29, 1.82) is 0 Å². The van der Waals surface area contributed by atoms with Crippen molar-refractivity contribution in [3.63, 3.8) is 0 Å². The van der Waals surface area contributed by atoms with Gasteiger partial charge in [0.15, 0.2) is 0 Å². The first-order valence-electron chi connectivity index (χ1n) is 3.86. The Morgan fingerprint density at radius 2 is 1.33 bits per heavy atom. The van der Waals surface area contributed by atoms with Crippen molar-refractivity contribution in [2.45, 2.75) is 33.1 Å². The average molecular weight is 126 g/mol. The van der Waals surface area contributed by atoms with Gasteiger partial charge in [-0.1, -0.05) is 40.5 Å². The van der Waals surface area contributed by atoms with Crippen LogP contribution in [0.25, 0.3) is 0 Å². The Labute approximate surface area is 59.7 Å². The van der Waals surface area contributed by atoms with Gasteiger partial charge in [-0.2, -0.15) is 0 Å². The molecule has 0 amide bonds. The molecule has 0 heteroatoms. The fourth-order valence-corrected chi connectivity index (χ4v) is 0.805. The third-order valence-corrected chi connectivity index (χ3v) is 1.82. The van der Waals surface area contributed by atoms with Crippen molar-refractivity contribution in [3.05, 3.63) is 13.8 Å². The van der Waals surface area contributed by atoms with E-state index in [4.69, 9.17) is 0 Å². The van der Waals surface area contributed by atoms with E-state index in [1.54, 1.807) is 0 Å². The first-order chi connectivity index (χ1) is 4.20. The van der Waals surface area contributed by atoms with Gasteiger partial charge in [-0.25, -0.2) is 0 Å². The van der Waals surface area contributed by atoms with Gasteiger partial charge in [0.2, 0.25) is 0 Å². The quantitative estimate of drug-likeness (QED) is 0.543. The van der Waals surface area contributed by atoms with Crippen LogP contribution in [0.15, 0.2) is 0 Å².